The second-order valence-corrected chi connectivity index (χ2v) is 7.96. The van der Waals surface area contributed by atoms with Crippen molar-refractivity contribution in [2.75, 3.05) is 25.5 Å². The number of nitrogens with one attached hydrogen (secondary N) is 1. The van der Waals surface area contributed by atoms with Crippen LogP contribution in [0.15, 0.2) is 12.1 Å². The van der Waals surface area contributed by atoms with Crippen LogP contribution < -0.4 is 5.32 Å². The first-order valence-electron chi connectivity index (χ1n) is 9.53. The van der Waals surface area contributed by atoms with Gasteiger partial charge in [-0.2, -0.15) is 0 Å². The van der Waals surface area contributed by atoms with Gasteiger partial charge in [0.25, 0.3) is 5.91 Å². The first-order valence-corrected chi connectivity index (χ1v) is 9.53. The lowest BCUT2D eigenvalue weighted by Gasteiger charge is -2.41. The van der Waals surface area contributed by atoms with Crippen molar-refractivity contribution in [3.05, 3.63) is 28.8 Å². The van der Waals surface area contributed by atoms with E-state index in [-0.39, 0.29) is 11.4 Å². The molecule has 1 unspecified atom stereocenters. The van der Waals surface area contributed by atoms with E-state index in [0.717, 1.165) is 53.6 Å². The minimum atomic E-state index is -0.213. The first-order chi connectivity index (χ1) is 11.3. The molecule has 1 aromatic carbocycles. The summed E-state index contributed by atoms with van der Waals surface area (Å²) in [5, 5.41) is 3.29. The van der Waals surface area contributed by atoms with Gasteiger partial charge < -0.3 is 9.80 Å². The van der Waals surface area contributed by atoms with Gasteiger partial charge in [-0.25, -0.2) is 0 Å². The normalized spacial score (nSPS) is 18.1. The molecule has 1 fully saturated rings. The van der Waals surface area contributed by atoms with E-state index in [9.17, 15) is 4.79 Å². The highest BCUT2D eigenvalue weighted by Crippen LogP contribution is 2.47. The number of carbonyl (C=O) groups is 1. The number of benzene rings is 1. The standard InChI is InChI=1S/C21H34N2O/c1-7-9-13-23(6,12-8-2)21(10-11-21)20(24)22-19-17(4)14-16(3)15-18(19)5/h14-15H,7-13H2,1-6H3/p+1. The van der Waals surface area contributed by atoms with Crippen LogP contribution in [0.25, 0.3) is 0 Å². The number of carbonyl (C=O) groups excluding carboxylic acids is 1. The first kappa shape index (κ1) is 19.0. The van der Waals surface area contributed by atoms with Crippen LogP contribution in [0.2, 0.25) is 0 Å². The lowest BCUT2D eigenvalue weighted by atomic mass is 10.0. The monoisotopic (exact) mass is 331 g/mol. The molecule has 0 aliphatic heterocycles. The van der Waals surface area contributed by atoms with Crippen LogP contribution in [-0.2, 0) is 4.79 Å². The van der Waals surface area contributed by atoms with Gasteiger partial charge in [0, 0.05) is 18.5 Å². The molecule has 0 saturated heterocycles. The summed E-state index contributed by atoms with van der Waals surface area (Å²) in [4.78, 5) is 13.2. The minimum Gasteiger partial charge on any atom is -0.320 e. The zero-order chi connectivity index (χ0) is 18.0. The van der Waals surface area contributed by atoms with Crippen LogP contribution in [0.1, 0.15) is 62.6 Å². The molecular formula is C21H35N2O+. The number of likely N-dealkylation sites (N-methyl/N-ethyl adjacent to an activating group) is 1. The smallest absolute Gasteiger partial charge is 0.285 e. The molecule has 0 spiro atoms. The lowest BCUT2D eigenvalue weighted by molar-refractivity contribution is -0.934. The highest BCUT2D eigenvalue weighted by Gasteiger charge is 2.63. The van der Waals surface area contributed by atoms with Gasteiger partial charge in [-0.15, -0.1) is 0 Å². The van der Waals surface area contributed by atoms with Crippen LogP contribution in [0, 0.1) is 20.8 Å². The van der Waals surface area contributed by atoms with Gasteiger partial charge in [0.1, 0.15) is 0 Å². The average Bonchev–Trinajstić information content (AvgIpc) is 3.31. The molecule has 134 valence electrons. The number of nitrogens with zero attached hydrogens (tertiary/aromatic N) is 1. The molecule has 1 saturated carbocycles. The number of amides is 1. The Morgan fingerprint density at radius 1 is 1.08 bits per heavy atom. The van der Waals surface area contributed by atoms with Crippen molar-refractivity contribution in [2.24, 2.45) is 0 Å². The second-order valence-electron chi connectivity index (χ2n) is 7.96. The van der Waals surface area contributed by atoms with Crippen molar-refractivity contribution in [1.82, 2.24) is 0 Å². The summed E-state index contributed by atoms with van der Waals surface area (Å²) in [5.41, 5.74) is 4.37. The third-order valence-corrected chi connectivity index (χ3v) is 5.82. The van der Waals surface area contributed by atoms with E-state index in [0.29, 0.717) is 0 Å². The van der Waals surface area contributed by atoms with Crippen LogP contribution in [0.3, 0.4) is 0 Å². The van der Waals surface area contributed by atoms with E-state index >= 15 is 0 Å². The maximum atomic E-state index is 13.2. The molecule has 1 aromatic rings. The van der Waals surface area contributed by atoms with Crippen molar-refractivity contribution in [2.45, 2.75) is 72.3 Å². The zero-order valence-electron chi connectivity index (χ0n) is 16.5. The van der Waals surface area contributed by atoms with Crippen LogP contribution in [-0.4, -0.2) is 36.1 Å². The molecule has 3 nitrogen and oxygen atoms in total. The largest absolute Gasteiger partial charge is 0.320 e. The SMILES string of the molecule is CCCC[N+](C)(CCC)C1(C(=O)Nc2c(C)cc(C)cc2C)CC1. The quantitative estimate of drug-likeness (QED) is 0.685. The Hall–Kier alpha value is -1.35. The third-order valence-electron chi connectivity index (χ3n) is 5.82. The van der Waals surface area contributed by atoms with Crippen LogP contribution >= 0.6 is 0 Å². The third kappa shape index (κ3) is 3.51. The summed E-state index contributed by atoms with van der Waals surface area (Å²) < 4.78 is 0.896. The number of quaternary nitrogens is 1. The molecule has 0 aromatic heterocycles. The summed E-state index contributed by atoms with van der Waals surface area (Å²) in [6.07, 6.45) is 5.53. The highest BCUT2D eigenvalue weighted by molar-refractivity contribution is 6.00. The summed E-state index contributed by atoms with van der Waals surface area (Å²) in [6, 6.07) is 4.30. The molecule has 1 aliphatic rings. The lowest BCUT2D eigenvalue weighted by Crippen LogP contribution is -2.60. The van der Waals surface area contributed by atoms with Gasteiger partial charge >= 0.3 is 0 Å². The number of unbranched alkanes of at least 4 members (excludes halogenated alkanes) is 1. The fraction of sp³-hybridized carbons (Fsp3) is 0.667. The molecule has 0 radical (unpaired) electrons. The Bertz CT molecular complexity index is 581. The van der Waals surface area contributed by atoms with E-state index in [1.54, 1.807) is 0 Å². The van der Waals surface area contributed by atoms with Crippen molar-refractivity contribution in [3.63, 3.8) is 0 Å². The average molecular weight is 332 g/mol. The van der Waals surface area contributed by atoms with Gasteiger partial charge in [-0.3, -0.25) is 4.79 Å². The van der Waals surface area contributed by atoms with Crippen molar-refractivity contribution >= 4 is 11.6 Å². The minimum absolute atomic E-state index is 0.213. The number of hydrogen-bond acceptors (Lipinski definition) is 1. The van der Waals surface area contributed by atoms with Crippen molar-refractivity contribution in [3.8, 4) is 0 Å². The van der Waals surface area contributed by atoms with E-state index < -0.39 is 0 Å². The van der Waals surface area contributed by atoms with Crippen LogP contribution in [0.4, 0.5) is 5.69 Å². The van der Waals surface area contributed by atoms with Crippen molar-refractivity contribution < 1.29 is 9.28 Å². The van der Waals surface area contributed by atoms with Gasteiger partial charge in [0.2, 0.25) is 0 Å². The Kier molecular flexibility index (Phi) is 5.74. The predicted octanol–water partition coefficient (Wildman–Crippen LogP) is 4.74. The number of aryl methyl sites for hydroxylation is 3. The Balaban J connectivity index is 2.25. The molecule has 0 heterocycles. The topological polar surface area (TPSA) is 29.1 Å². The maximum Gasteiger partial charge on any atom is 0.285 e. The second kappa shape index (κ2) is 7.26. The molecule has 1 atom stereocenters. The summed E-state index contributed by atoms with van der Waals surface area (Å²) in [6.45, 7) is 12.9. The molecule has 1 amide bonds. The Morgan fingerprint density at radius 2 is 1.67 bits per heavy atom. The Labute approximate surface area is 148 Å². The zero-order valence-corrected chi connectivity index (χ0v) is 16.5. The molecule has 0 bridgehead atoms. The van der Waals surface area contributed by atoms with E-state index in [4.69, 9.17) is 0 Å². The predicted molar refractivity (Wildman–Crippen MR) is 102 cm³/mol. The molecule has 1 aliphatic carbocycles. The number of rotatable bonds is 8. The van der Waals surface area contributed by atoms with Gasteiger partial charge in [-0.05, 0) is 44.7 Å². The van der Waals surface area contributed by atoms with Gasteiger partial charge in [0.15, 0.2) is 5.54 Å². The van der Waals surface area contributed by atoms with Crippen molar-refractivity contribution in [1.29, 1.82) is 0 Å². The van der Waals surface area contributed by atoms with E-state index in [2.05, 4.69) is 59.1 Å². The fourth-order valence-electron chi connectivity index (χ4n) is 4.28. The molecule has 1 N–H and O–H groups in total. The van der Waals surface area contributed by atoms with Gasteiger partial charge in [-0.1, -0.05) is 38.0 Å². The van der Waals surface area contributed by atoms with Gasteiger partial charge in [0.05, 0.1) is 20.1 Å². The molecule has 24 heavy (non-hydrogen) atoms. The molecular weight excluding hydrogens is 296 g/mol. The van der Waals surface area contributed by atoms with E-state index in [1.807, 2.05) is 0 Å². The van der Waals surface area contributed by atoms with Crippen LogP contribution in [0.5, 0.6) is 0 Å². The fourth-order valence-corrected chi connectivity index (χ4v) is 4.28. The summed E-state index contributed by atoms with van der Waals surface area (Å²) >= 11 is 0. The maximum absolute atomic E-state index is 13.2. The highest BCUT2D eigenvalue weighted by atomic mass is 16.2. The molecule has 3 heteroatoms. The summed E-state index contributed by atoms with van der Waals surface area (Å²) in [5.74, 6) is 0.226. The molecule has 2 rings (SSSR count). The summed E-state index contributed by atoms with van der Waals surface area (Å²) in [7, 11) is 2.29. The number of anilines is 1. The van der Waals surface area contributed by atoms with E-state index in [1.165, 1.54) is 18.4 Å². The Morgan fingerprint density at radius 3 is 2.12 bits per heavy atom. The number of hydrogen-bond donors (Lipinski definition) is 1.